The van der Waals surface area contributed by atoms with Gasteiger partial charge in [0.15, 0.2) is 0 Å². The molecule has 0 heterocycles. The van der Waals surface area contributed by atoms with Gasteiger partial charge in [-0.05, 0) is 36.6 Å². The number of carboxylic acids is 1. The van der Waals surface area contributed by atoms with Gasteiger partial charge in [-0.2, -0.15) is 0 Å². The van der Waals surface area contributed by atoms with Gasteiger partial charge < -0.3 is 15.7 Å². The number of rotatable bonds is 4. The number of hydrogen-bond acceptors (Lipinski definition) is 2. The quantitative estimate of drug-likeness (QED) is 0.751. The number of halogens is 1. The average molecular weight is 359 g/mol. The number of benzene rings is 2. The molecule has 0 saturated heterocycles. The summed E-state index contributed by atoms with van der Waals surface area (Å²) in [5.41, 5.74) is 1.09. The maximum absolute atomic E-state index is 12.4. The average Bonchev–Trinajstić information content (AvgIpc) is 3.07. The highest BCUT2D eigenvalue weighted by atomic mass is 35.5. The maximum Gasteiger partial charge on any atom is 0.329 e. The third kappa shape index (κ3) is 3.77. The Morgan fingerprint density at radius 1 is 1.04 bits per heavy atom. The Hall–Kier alpha value is -2.53. The maximum atomic E-state index is 12.4. The highest BCUT2D eigenvalue weighted by Gasteiger charge is 2.42. The van der Waals surface area contributed by atoms with E-state index in [-0.39, 0.29) is 0 Å². The summed E-state index contributed by atoms with van der Waals surface area (Å²) in [7, 11) is 0. The molecular formula is C19H19ClN2O3. The highest BCUT2D eigenvalue weighted by Crippen LogP contribution is 2.32. The normalized spacial score (nSPS) is 15.6. The van der Waals surface area contributed by atoms with Crippen LogP contribution in [0.1, 0.15) is 25.7 Å². The second-order valence-electron chi connectivity index (χ2n) is 6.23. The van der Waals surface area contributed by atoms with Crippen LogP contribution in [-0.2, 0) is 4.79 Å². The molecule has 0 spiro atoms. The van der Waals surface area contributed by atoms with Crippen molar-refractivity contribution in [3.63, 3.8) is 0 Å². The Kier molecular flexibility index (Phi) is 4.95. The molecule has 3 N–H and O–H groups in total. The molecule has 3 rings (SSSR count). The van der Waals surface area contributed by atoms with Crippen LogP contribution in [0, 0.1) is 0 Å². The number of amides is 2. The monoisotopic (exact) mass is 358 g/mol. The fourth-order valence-electron chi connectivity index (χ4n) is 3.22. The number of carbonyl (C=O) groups excluding carboxylic acids is 1. The van der Waals surface area contributed by atoms with Crippen molar-refractivity contribution in [1.29, 1.82) is 0 Å². The van der Waals surface area contributed by atoms with E-state index in [1.165, 1.54) is 0 Å². The molecule has 0 aromatic heterocycles. The van der Waals surface area contributed by atoms with Crippen molar-refractivity contribution < 1.29 is 14.7 Å². The summed E-state index contributed by atoms with van der Waals surface area (Å²) in [4.78, 5) is 24.0. The number of aliphatic carboxylic acids is 1. The van der Waals surface area contributed by atoms with Crippen molar-refractivity contribution >= 4 is 29.3 Å². The summed E-state index contributed by atoms with van der Waals surface area (Å²) in [5.74, 6) is -0.987. The van der Waals surface area contributed by atoms with E-state index >= 15 is 0 Å². The molecule has 0 unspecified atom stereocenters. The molecule has 130 valence electrons. The topological polar surface area (TPSA) is 78.4 Å². The number of carboxylic acid groups (broad SMARTS) is 1. The first kappa shape index (κ1) is 17.3. The van der Waals surface area contributed by atoms with Crippen molar-refractivity contribution in [2.24, 2.45) is 0 Å². The van der Waals surface area contributed by atoms with Crippen LogP contribution in [0.4, 0.5) is 10.5 Å². The van der Waals surface area contributed by atoms with Crippen LogP contribution >= 0.6 is 11.6 Å². The Morgan fingerprint density at radius 2 is 1.72 bits per heavy atom. The molecule has 1 aliphatic carbocycles. The number of carbonyl (C=O) groups is 2. The van der Waals surface area contributed by atoms with E-state index < -0.39 is 17.5 Å². The van der Waals surface area contributed by atoms with Gasteiger partial charge in [0, 0.05) is 10.6 Å². The summed E-state index contributed by atoms with van der Waals surface area (Å²) in [6.07, 6.45) is 2.48. The van der Waals surface area contributed by atoms with Gasteiger partial charge >= 0.3 is 12.0 Å². The summed E-state index contributed by atoms with van der Waals surface area (Å²) in [6.45, 7) is 0. The van der Waals surface area contributed by atoms with Gasteiger partial charge in [-0.25, -0.2) is 9.59 Å². The molecule has 6 heteroatoms. The minimum Gasteiger partial charge on any atom is -0.480 e. The Bertz CT molecular complexity index is 787. The molecule has 1 saturated carbocycles. The van der Waals surface area contributed by atoms with Gasteiger partial charge in [0.05, 0.1) is 5.69 Å². The lowest BCUT2D eigenvalue weighted by Crippen LogP contribution is -2.53. The summed E-state index contributed by atoms with van der Waals surface area (Å²) in [6, 6.07) is 14.2. The predicted octanol–water partition coefficient (Wildman–Crippen LogP) is 4.53. The standard InChI is InChI=1S/C19H19ClN2O3/c20-14-8-9-16(15(12-14)13-6-2-1-3-7-13)21-18(25)22-19(17(23)24)10-4-5-11-19/h1-3,6-9,12H,4-5,10-11H2,(H,23,24)(H2,21,22,25). The molecule has 0 radical (unpaired) electrons. The molecule has 0 bridgehead atoms. The molecule has 2 aromatic rings. The Morgan fingerprint density at radius 3 is 2.36 bits per heavy atom. The number of urea groups is 1. The van der Waals surface area contributed by atoms with Gasteiger partial charge in [-0.15, -0.1) is 0 Å². The third-order valence-electron chi connectivity index (χ3n) is 4.53. The number of hydrogen-bond donors (Lipinski definition) is 3. The zero-order valence-electron chi connectivity index (χ0n) is 13.6. The fraction of sp³-hybridized carbons (Fsp3) is 0.263. The molecule has 0 aliphatic heterocycles. The summed E-state index contributed by atoms with van der Waals surface area (Å²) >= 11 is 6.10. The second-order valence-corrected chi connectivity index (χ2v) is 6.67. The van der Waals surface area contributed by atoms with Crippen molar-refractivity contribution in [2.45, 2.75) is 31.2 Å². The van der Waals surface area contributed by atoms with Crippen LogP contribution in [0.2, 0.25) is 5.02 Å². The van der Waals surface area contributed by atoms with E-state index in [1.807, 2.05) is 30.3 Å². The first-order valence-electron chi connectivity index (χ1n) is 8.18. The van der Waals surface area contributed by atoms with E-state index in [4.69, 9.17) is 11.6 Å². The van der Waals surface area contributed by atoms with E-state index in [0.29, 0.717) is 23.6 Å². The number of anilines is 1. The summed E-state index contributed by atoms with van der Waals surface area (Å²) < 4.78 is 0. The summed E-state index contributed by atoms with van der Waals surface area (Å²) in [5, 5.41) is 15.5. The lowest BCUT2D eigenvalue weighted by Gasteiger charge is -2.25. The lowest BCUT2D eigenvalue weighted by molar-refractivity contribution is -0.144. The molecule has 25 heavy (non-hydrogen) atoms. The van der Waals surface area contributed by atoms with Crippen LogP contribution in [-0.4, -0.2) is 22.6 Å². The smallest absolute Gasteiger partial charge is 0.329 e. The third-order valence-corrected chi connectivity index (χ3v) is 4.77. The van der Waals surface area contributed by atoms with Crippen molar-refractivity contribution in [1.82, 2.24) is 5.32 Å². The van der Waals surface area contributed by atoms with Gasteiger partial charge in [-0.3, -0.25) is 0 Å². The van der Waals surface area contributed by atoms with E-state index in [1.54, 1.807) is 18.2 Å². The largest absolute Gasteiger partial charge is 0.480 e. The molecule has 1 aliphatic rings. The first-order valence-corrected chi connectivity index (χ1v) is 8.55. The van der Waals surface area contributed by atoms with Gasteiger partial charge in [0.1, 0.15) is 5.54 Å². The molecule has 5 nitrogen and oxygen atoms in total. The predicted molar refractivity (Wildman–Crippen MR) is 97.9 cm³/mol. The first-order chi connectivity index (χ1) is 12.0. The highest BCUT2D eigenvalue weighted by molar-refractivity contribution is 6.31. The minimum atomic E-state index is -1.18. The van der Waals surface area contributed by atoms with Crippen molar-refractivity contribution in [3.05, 3.63) is 53.6 Å². The van der Waals surface area contributed by atoms with E-state index in [0.717, 1.165) is 24.0 Å². The van der Waals surface area contributed by atoms with E-state index in [2.05, 4.69) is 10.6 Å². The molecule has 1 fully saturated rings. The zero-order valence-corrected chi connectivity index (χ0v) is 14.3. The number of nitrogens with one attached hydrogen (secondary N) is 2. The van der Waals surface area contributed by atoms with E-state index in [9.17, 15) is 14.7 Å². The van der Waals surface area contributed by atoms with Gasteiger partial charge in [-0.1, -0.05) is 54.8 Å². The minimum absolute atomic E-state index is 0.446. The van der Waals surface area contributed by atoms with Crippen LogP contribution in [0.5, 0.6) is 0 Å². The Balaban J connectivity index is 1.83. The van der Waals surface area contributed by atoms with Gasteiger partial charge in [0.2, 0.25) is 0 Å². The van der Waals surface area contributed by atoms with Crippen LogP contribution in [0.15, 0.2) is 48.5 Å². The fourth-order valence-corrected chi connectivity index (χ4v) is 3.40. The SMILES string of the molecule is O=C(Nc1ccc(Cl)cc1-c1ccccc1)NC1(C(=O)O)CCCC1. The molecular weight excluding hydrogens is 340 g/mol. The zero-order chi connectivity index (χ0) is 17.9. The van der Waals surface area contributed by atoms with Crippen molar-refractivity contribution in [2.75, 3.05) is 5.32 Å². The van der Waals surface area contributed by atoms with Crippen LogP contribution in [0.3, 0.4) is 0 Å². The van der Waals surface area contributed by atoms with Crippen LogP contribution < -0.4 is 10.6 Å². The lowest BCUT2D eigenvalue weighted by atomic mass is 9.98. The molecule has 2 amide bonds. The molecule has 2 aromatic carbocycles. The van der Waals surface area contributed by atoms with Gasteiger partial charge in [0.25, 0.3) is 0 Å². The van der Waals surface area contributed by atoms with Crippen LogP contribution in [0.25, 0.3) is 11.1 Å². The molecule has 0 atom stereocenters. The Labute approximate surface area is 151 Å². The second kappa shape index (κ2) is 7.15. The van der Waals surface area contributed by atoms with Crippen molar-refractivity contribution in [3.8, 4) is 11.1 Å².